The fourth-order valence-corrected chi connectivity index (χ4v) is 3.08. The first-order valence-electron chi connectivity index (χ1n) is 6.45. The van der Waals surface area contributed by atoms with Crippen molar-refractivity contribution in [3.63, 3.8) is 0 Å². The second-order valence-electron chi connectivity index (χ2n) is 5.57. The van der Waals surface area contributed by atoms with E-state index in [9.17, 15) is 0 Å². The Morgan fingerprint density at radius 3 is 2.88 bits per heavy atom. The van der Waals surface area contributed by atoms with Gasteiger partial charge in [-0.15, -0.1) is 0 Å². The van der Waals surface area contributed by atoms with Crippen LogP contribution in [-0.2, 0) is 6.42 Å². The number of hydrogen-bond donors (Lipinski definition) is 1. The van der Waals surface area contributed by atoms with Gasteiger partial charge in [0.05, 0.1) is 0 Å². The lowest BCUT2D eigenvalue weighted by Gasteiger charge is -2.40. The third-order valence-electron chi connectivity index (χ3n) is 3.84. The zero-order valence-electron chi connectivity index (χ0n) is 11.1. The van der Waals surface area contributed by atoms with Gasteiger partial charge in [-0.3, -0.25) is 0 Å². The molecule has 0 radical (unpaired) electrons. The first-order chi connectivity index (χ1) is 8.15. The minimum Gasteiger partial charge on any atom is -0.309 e. The monoisotopic (exact) mass is 249 g/mol. The lowest BCUT2D eigenvalue weighted by Crippen LogP contribution is -2.39. The maximum Gasteiger partial charge on any atom is 0.0374 e. The van der Waals surface area contributed by atoms with Crippen molar-refractivity contribution < 1.29 is 0 Å². The summed E-state index contributed by atoms with van der Waals surface area (Å²) in [4.78, 5) is 0. The van der Waals surface area contributed by atoms with Crippen LogP contribution in [-0.4, -0.2) is 18.6 Å². The van der Waals surface area contributed by atoms with Crippen LogP contribution in [0.25, 0.3) is 0 Å². The Morgan fingerprint density at radius 1 is 1.35 bits per heavy atom. The Labute approximate surface area is 109 Å². The van der Waals surface area contributed by atoms with E-state index < -0.39 is 0 Å². The summed E-state index contributed by atoms with van der Waals surface area (Å²) in [7, 11) is 0. The molecule has 2 heteroatoms. The van der Waals surface area contributed by atoms with E-state index in [4.69, 9.17) is 0 Å². The van der Waals surface area contributed by atoms with Crippen molar-refractivity contribution in [1.82, 2.24) is 5.32 Å². The summed E-state index contributed by atoms with van der Waals surface area (Å²) in [5.74, 6) is 1.19. The predicted molar refractivity (Wildman–Crippen MR) is 77.7 cm³/mol. The molecule has 94 valence electrons. The molecule has 1 N–H and O–H groups in total. The summed E-state index contributed by atoms with van der Waals surface area (Å²) in [6.07, 6.45) is 4.67. The highest BCUT2D eigenvalue weighted by atomic mass is 32.2. The molecule has 0 amide bonds. The summed E-state index contributed by atoms with van der Waals surface area (Å²) in [6, 6.07) is 9.43. The Kier molecular flexibility index (Phi) is 4.16. The van der Waals surface area contributed by atoms with Crippen molar-refractivity contribution in [2.75, 3.05) is 18.6 Å². The Morgan fingerprint density at radius 2 is 2.12 bits per heavy atom. The average molecular weight is 249 g/mol. The van der Waals surface area contributed by atoms with Crippen molar-refractivity contribution in [2.24, 2.45) is 5.41 Å². The summed E-state index contributed by atoms with van der Waals surface area (Å²) < 4.78 is 0. The maximum absolute atomic E-state index is 3.75. The van der Waals surface area contributed by atoms with Crippen LogP contribution < -0.4 is 5.32 Å². The molecule has 1 nitrogen and oxygen atoms in total. The molecule has 0 aromatic heterocycles. The molecule has 0 aliphatic heterocycles. The zero-order chi connectivity index (χ0) is 12.3. The highest BCUT2D eigenvalue weighted by Gasteiger charge is 2.34. The van der Waals surface area contributed by atoms with Crippen LogP contribution in [0.1, 0.15) is 37.4 Å². The fourth-order valence-electron chi connectivity index (χ4n) is 2.76. The summed E-state index contributed by atoms with van der Waals surface area (Å²) >= 11 is 1.91. The smallest absolute Gasteiger partial charge is 0.0374 e. The van der Waals surface area contributed by atoms with Crippen LogP contribution in [0.15, 0.2) is 24.3 Å². The van der Waals surface area contributed by atoms with Crippen molar-refractivity contribution >= 4 is 11.8 Å². The molecule has 0 saturated carbocycles. The van der Waals surface area contributed by atoms with Gasteiger partial charge >= 0.3 is 0 Å². The third kappa shape index (κ3) is 2.86. The number of aryl methyl sites for hydroxylation is 1. The Balaban J connectivity index is 2.19. The van der Waals surface area contributed by atoms with Gasteiger partial charge in [0.25, 0.3) is 0 Å². The van der Waals surface area contributed by atoms with Gasteiger partial charge in [0.15, 0.2) is 0 Å². The fraction of sp³-hybridized carbons (Fsp3) is 0.600. The van der Waals surface area contributed by atoms with Crippen molar-refractivity contribution in [2.45, 2.75) is 32.7 Å². The van der Waals surface area contributed by atoms with Gasteiger partial charge < -0.3 is 5.32 Å². The molecular formula is C15H23NS. The highest BCUT2D eigenvalue weighted by Crippen LogP contribution is 2.43. The van der Waals surface area contributed by atoms with Gasteiger partial charge in [-0.25, -0.2) is 0 Å². The molecule has 1 aromatic rings. The van der Waals surface area contributed by atoms with Gasteiger partial charge in [-0.2, -0.15) is 11.8 Å². The van der Waals surface area contributed by atoms with Crippen LogP contribution in [0.5, 0.6) is 0 Å². The molecule has 1 aliphatic carbocycles. The van der Waals surface area contributed by atoms with E-state index in [2.05, 4.69) is 49.7 Å². The van der Waals surface area contributed by atoms with Gasteiger partial charge in [-0.05, 0) is 35.6 Å². The van der Waals surface area contributed by atoms with Gasteiger partial charge in [0.1, 0.15) is 0 Å². The van der Waals surface area contributed by atoms with Crippen molar-refractivity contribution in [1.29, 1.82) is 0 Å². The first kappa shape index (κ1) is 13.0. The number of fused-ring (bicyclic) bond motifs is 1. The van der Waals surface area contributed by atoms with Gasteiger partial charge in [0, 0.05) is 18.3 Å². The molecule has 0 spiro atoms. The zero-order valence-corrected chi connectivity index (χ0v) is 11.9. The lowest BCUT2D eigenvalue weighted by atomic mass is 9.70. The SMILES string of the molecule is CSCCNC1c2ccccc2CCC1(C)C. The third-order valence-corrected chi connectivity index (χ3v) is 4.45. The average Bonchev–Trinajstić information content (AvgIpc) is 2.32. The minimum atomic E-state index is 0.368. The van der Waals surface area contributed by atoms with E-state index >= 15 is 0 Å². The number of hydrogen-bond acceptors (Lipinski definition) is 2. The van der Waals surface area contributed by atoms with E-state index in [1.54, 1.807) is 0 Å². The van der Waals surface area contributed by atoms with Crippen LogP contribution >= 0.6 is 11.8 Å². The van der Waals surface area contributed by atoms with Crippen LogP contribution in [0.3, 0.4) is 0 Å². The number of thioether (sulfide) groups is 1. The molecule has 1 atom stereocenters. The van der Waals surface area contributed by atoms with Crippen molar-refractivity contribution in [3.8, 4) is 0 Å². The molecule has 0 fully saturated rings. The van der Waals surface area contributed by atoms with Gasteiger partial charge in [0.2, 0.25) is 0 Å². The predicted octanol–water partition coefficient (Wildman–Crippen LogP) is 3.65. The minimum absolute atomic E-state index is 0.368. The highest BCUT2D eigenvalue weighted by molar-refractivity contribution is 7.98. The molecule has 1 unspecified atom stereocenters. The van der Waals surface area contributed by atoms with E-state index in [1.807, 2.05) is 11.8 Å². The van der Waals surface area contributed by atoms with Crippen LogP contribution in [0, 0.1) is 5.41 Å². The number of benzene rings is 1. The topological polar surface area (TPSA) is 12.0 Å². The quantitative estimate of drug-likeness (QED) is 0.817. The van der Waals surface area contributed by atoms with Gasteiger partial charge in [-0.1, -0.05) is 38.1 Å². The summed E-state index contributed by atoms with van der Waals surface area (Å²) in [6.45, 7) is 5.88. The van der Waals surface area contributed by atoms with Crippen LogP contribution in [0.4, 0.5) is 0 Å². The van der Waals surface area contributed by atoms with E-state index in [-0.39, 0.29) is 0 Å². The van der Waals surface area contributed by atoms with E-state index in [0.717, 1.165) is 6.54 Å². The summed E-state index contributed by atoms with van der Waals surface area (Å²) in [5, 5.41) is 3.75. The maximum atomic E-state index is 3.75. The molecule has 1 aromatic carbocycles. The van der Waals surface area contributed by atoms with Crippen LogP contribution in [0.2, 0.25) is 0 Å². The summed E-state index contributed by atoms with van der Waals surface area (Å²) in [5.41, 5.74) is 3.42. The second-order valence-corrected chi connectivity index (χ2v) is 6.55. The lowest BCUT2D eigenvalue weighted by molar-refractivity contribution is 0.212. The second kappa shape index (κ2) is 5.45. The van der Waals surface area contributed by atoms with E-state index in [1.165, 1.54) is 29.7 Å². The molecule has 0 saturated heterocycles. The first-order valence-corrected chi connectivity index (χ1v) is 7.84. The normalized spacial score (nSPS) is 22.2. The van der Waals surface area contributed by atoms with E-state index in [0.29, 0.717) is 11.5 Å². The Bertz CT molecular complexity index is 373. The number of rotatable bonds is 4. The number of nitrogens with one attached hydrogen (secondary N) is 1. The molecule has 17 heavy (non-hydrogen) atoms. The molecule has 0 bridgehead atoms. The Hall–Kier alpha value is -0.470. The molecule has 0 heterocycles. The molecular weight excluding hydrogens is 226 g/mol. The standard InChI is InChI=1S/C15H23NS/c1-15(2)9-8-12-6-4-5-7-13(12)14(15)16-10-11-17-3/h4-7,14,16H,8-11H2,1-3H3. The largest absolute Gasteiger partial charge is 0.309 e. The molecule has 1 aliphatic rings. The van der Waals surface area contributed by atoms with Crippen molar-refractivity contribution in [3.05, 3.63) is 35.4 Å². The molecule has 2 rings (SSSR count).